The molecule has 2 heteroatoms. The minimum Gasteiger partial charge on any atom is -0.481 e. The second-order valence-corrected chi connectivity index (χ2v) is 6.28. The zero-order chi connectivity index (χ0) is 13.1. The second kappa shape index (κ2) is 9.49. The molecule has 0 fully saturated rings. The Labute approximate surface area is 107 Å². The highest BCUT2D eigenvalue weighted by Crippen LogP contribution is 2.22. The van der Waals surface area contributed by atoms with Gasteiger partial charge in [-0.25, -0.2) is 0 Å². The van der Waals surface area contributed by atoms with Crippen molar-refractivity contribution in [2.45, 2.75) is 85.0 Å². The molecule has 17 heavy (non-hydrogen) atoms. The third-order valence-electron chi connectivity index (χ3n) is 3.07. The molecule has 0 aromatic carbocycles. The molecule has 0 saturated carbocycles. The maximum atomic E-state index is 10.3. The minimum atomic E-state index is -0.660. The van der Waals surface area contributed by atoms with Gasteiger partial charge in [0, 0.05) is 6.42 Å². The summed E-state index contributed by atoms with van der Waals surface area (Å²) in [5.74, 6) is -0.660. The van der Waals surface area contributed by atoms with Gasteiger partial charge in [0.05, 0.1) is 0 Å². The Morgan fingerprint density at radius 3 is 1.65 bits per heavy atom. The molecule has 0 atom stereocenters. The van der Waals surface area contributed by atoms with Crippen molar-refractivity contribution in [1.29, 1.82) is 0 Å². The Morgan fingerprint density at radius 2 is 1.24 bits per heavy atom. The van der Waals surface area contributed by atoms with Crippen molar-refractivity contribution in [3.8, 4) is 0 Å². The van der Waals surface area contributed by atoms with Crippen LogP contribution in [-0.2, 0) is 4.79 Å². The number of rotatable bonds is 10. The summed E-state index contributed by atoms with van der Waals surface area (Å²) in [4.78, 5) is 10.3. The lowest BCUT2D eigenvalue weighted by Gasteiger charge is -2.17. The van der Waals surface area contributed by atoms with Gasteiger partial charge in [-0.05, 0) is 18.3 Å². The first kappa shape index (κ1) is 16.5. The van der Waals surface area contributed by atoms with Crippen LogP contribution in [0.5, 0.6) is 0 Å². The average molecular weight is 242 g/mol. The fourth-order valence-electron chi connectivity index (χ4n) is 1.99. The van der Waals surface area contributed by atoms with E-state index in [2.05, 4.69) is 20.8 Å². The highest BCUT2D eigenvalue weighted by atomic mass is 16.4. The zero-order valence-corrected chi connectivity index (χ0v) is 11.9. The summed E-state index contributed by atoms with van der Waals surface area (Å²) >= 11 is 0. The maximum Gasteiger partial charge on any atom is 0.303 e. The average Bonchev–Trinajstić information content (AvgIpc) is 2.18. The van der Waals surface area contributed by atoms with Gasteiger partial charge < -0.3 is 5.11 Å². The Hall–Kier alpha value is -0.530. The van der Waals surface area contributed by atoms with Crippen molar-refractivity contribution in [2.75, 3.05) is 0 Å². The van der Waals surface area contributed by atoms with E-state index in [-0.39, 0.29) is 0 Å². The molecular weight excluding hydrogens is 212 g/mol. The van der Waals surface area contributed by atoms with Gasteiger partial charge in [0.2, 0.25) is 0 Å². The number of carbonyl (C=O) groups is 1. The van der Waals surface area contributed by atoms with Crippen LogP contribution in [0.2, 0.25) is 0 Å². The third kappa shape index (κ3) is 15.5. The van der Waals surface area contributed by atoms with E-state index in [0.29, 0.717) is 11.8 Å². The largest absolute Gasteiger partial charge is 0.481 e. The van der Waals surface area contributed by atoms with E-state index in [4.69, 9.17) is 5.11 Å². The van der Waals surface area contributed by atoms with Gasteiger partial charge in [0.25, 0.3) is 0 Å². The van der Waals surface area contributed by atoms with Gasteiger partial charge in [-0.3, -0.25) is 4.79 Å². The Kier molecular flexibility index (Phi) is 9.20. The van der Waals surface area contributed by atoms with E-state index < -0.39 is 5.97 Å². The Bertz CT molecular complexity index is 192. The molecule has 0 rings (SSSR count). The van der Waals surface area contributed by atoms with Crippen molar-refractivity contribution < 1.29 is 9.90 Å². The van der Waals surface area contributed by atoms with Crippen molar-refractivity contribution in [2.24, 2.45) is 5.41 Å². The number of carboxylic acid groups (broad SMARTS) is 1. The second-order valence-electron chi connectivity index (χ2n) is 6.28. The zero-order valence-electron chi connectivity index (χ0n) is 11.9. The molecule has 0 amide bonds. The van der Waals surface area contributed by atoms with E-state index in [1.165, 1.54) is 44.9 Å². The van der Waals surface area contributed by atoms with Gasteiger partial charge >= 0.3 is 5.97 Å². The molecule has 0 saturated heterocycles. The molecule has 0 radical (unpaired) electrons. The predicted molar refractivity (Wildman–Crippen MR) is 73.3 cm³/mol. The van der Waals surface area contributed by atoms with Gasteiger partial charge in [0.15, 0.2) is 0 Å². The number of unbranched alkanes of at least 4 members (excludes halogenated alkanes) is 7. The van der Waals surface area contributed by atoms with Crippen LogP contribution in [-0.4, -0.2) is 11.1 Å². The Morgan fingerprint density at radius 1 is 0.824 bits per heavy atom. The van der Waals surface area contributed by atoms with Gasteiger partial charge in [0.1, 0.15) is 0 Å². The van der Waals surface area contributed by atoms with Crippen LogP contribution in [0.4, 0.5) is 0 Å². The Balaban J connectivity index is 3.06. The van der Waals surface area contributed by atoms with Crippen molar-refractivity contribution >= 4 is 5.97 Å². The minimum absolute atomic E-state index is 0.339. The molecule has 2 nitrogen and oxygen atoms in total. The quantitative estimate of drug-likeness (QED) is 0.546. The molecule has 0 spiro atoms. The van der Waals surface area contributed by atoms with E-state index in [0.717, 1.165) is 12.8 Å². The third-order valence-corrected chi connectivity index (χ3v) is 3.07. The molecule has 0 aliphatic rings. The van der Waals surface area contributed by atoms with Crippen LogP contribution >= 0.6 is 0 Å². The number of hydrogen-bond acceptors (Lipinski definition) is 1. The topological polar surface area (TPSA) is 37.3 Å². The van der Waals surface area contributed by atoms with Crippen LogP contribution in [0.1, 0.15) is 85.0 Å². The lowest BCUT2D eigenvalue weighted by Crippen LogP contribution is -2.03. The standard InChI is InChI=1S/C15H30O2/c1-15(2,3)13-11-9-7-5-4-6-8-10-12-14(16)17/h4-13H2,1-3H3,(H,16,17). The molecule has 0 bridgehead atoms. The van der Waals surface area contributed by atoms with Crippen LogP contribution in [0.3, 0.4) is 0 Å². The van der Waals surface area contributed by atoms with E-state index in [1.807, 2.05) is 0 Å². The molecule has 0 aromatic heterocycles. The monoisotopic (exact) mass is 242 g/mol. The van der Waals surface area contributed by atoms with E-state index in [9.17, 15) is 4.79 Å². The normalized spacial score (nSPS) is 11.7. The van der Waals surface area contributed by atoms with Crippen molar-refractivity contribution in [3.05, 3.63) is 0 Å². The lowest BCUT2D eigenvalue weighted by atomic mass is 9.89. The van der Waals surface area contributed by atoms with Crippen molar-refractivity contribution in [3.63, 3.8) is 0 Å². The van der Waals surface area contributed by atoms with Crippen molar-refractivity contribution in [1.82, 2.24) is 0 Å². The SMILES string of the molecule is CC(C)(C)CCCCCCCCCCC(=O)O. The fourth-order valence-corrected chi connectivity index (χ4v) is 1.99. The fraction of sp³-hybridized carbons (Fsp3) is 0.933. The van der Waals surface area contributed by atoms with E-state index >= 15 is 0 Å². The number of aliphatic carboxylic acids is 1. The van der Waals surface area contributed by atoms with Crippen LogP contribution in [0, 0.1) is 5.41 Å². The summed E-state index contributed by atoms with van der Waals surface area (Å²) in [6.45, 7) is 6.90. The first-order valence-electron chi connectivity index (χ1n) is 7.13. The molecular formula is C15H30O2. The molecule has 0 unspecified atom stereocenters. The van der Waals surface area contributed by atoms with E-state index in [1.54, 1.807) is 0 Å². The molecule has 0 aliphatic heterocycles. The summed E-state index contributed by atoms with van der Waals surface area (Å²) in [5.41, 5.74) is 0.483. The molecule has 1 N–H and O–H groups in total. The summed E-state index contributed by atoms with van der Waals surface area (Å²) in [5, 5.41) is 8.48. The first-order chi connectivity index (χ1) is 7.92. The summed E-state index contributed by atoms with van der Waals surface area (Å²) in [6, 6.07) is 0. The molecule has 0 aliphatic carbocycles. The highest BCUT2D eigenvalue weighted by Gasteiger charge is 2.08. The summed E-state index contributed by atoms with van der Waals surface area (Å²) in [6.07, 6.45) is 11.4. The van der Waals surface area contributed by atoms with Gasteiger partial charge in [-0.15, -0.1) is 0 Å². The predicted octanol–water partition coefficient (Wildman–Crippen LogP) is 5.02. The van der Waals surface area contributed by atoms with Crippen LogP contribution in [0.25, 0.3) is 0 Å². The highest BCUT2D eigenvalue weighted by molar-refractivity contribution is 5.66. The first-order valence-corrected chi connectivity index (χ1v) is 7.13. The maximum absolute atomic E-state index is 10.3. The molecule has 0 aromatic rings. The molecule has 102 valence electrons. The lowest BCUT2D eigenvalue weighted by molar-refractivity contribution is -0.137. The summed E-state index contributed by atoms with van der Waals surface area (Å²) in [7, 11) is 0. The van der Waals surface area contributed by atoms with Gasteiger partial charge in [-0.1, -0.05) is 65.7 Å². The van der Waals surface area contributed by atoms with Gasteiger partial charge in [-0.2, -0.15) is 0 Å². The van der Waals surface area contributed by atoms with Crippen LogP contribution in [0.15, 0.2) is 0 Å². The molecule has 0 heterocycles. The smallest absolute Gasteiger partial charge is 0.303 e. The summed E-state index contributed by atoms with van der Waals surface area (Å²) < 4.78 is 0. The van der Waals surface area contributed by atoms with Crippen LogP contribution < -0.4 is 0 Å². The number of hydrogen-bond donors (Lipinski definition) is 1. The number of carboxylic acids is 1.